The number of rotatable bonds is 1. The quantitative estimate of drug-likeness (QED) is 0.646. The standard InChI is InChI=1S/C16H12ClNO2/c1-10-7-8-13-12(9-10)14(19)16(17,15(20)18-13)11-5-3-2-4-6-11/h2-9H,1H3,(H,18,20). The van der Waals surface area contributed by atoms with Gasteiger partial charge in [-0.05, 0) is 24.6 Å². The van der Waals surface area contributed by atoms with Gasteiger partial charge in [-0.25, -0.2) is 0 Å². The van der Waals surface area contributed by atoms with Gasteiger partial charge in [0, 0.05) is 5.56 Å². The van der Waals surface area contributed by atoms with E-state index in [0.29, 0.717) is 16.8 Å². The van der Waals surface area contributed by atoms with Gasteiger partial charge in [0.1, 0.15) is 0 Å². The lowest BCUT2D eigenvalue weighted by Gasteiger charge is -2.30. The number of aryl methyl sites for hydroxylation is 1. The number of carbonyl (C=O) groups excluding carboxylic acids is 2. The van der Waals surface area contributed by atoms with Crippen LogP contribution in [0.4, 0.5) is 5.69 Å². The van der Waals surface area contributed by atoms with Gasteiger partial charge in [-0.3, -0.25) is 9.59 Å². The van der Waals surface area contributed by atoms with E-state index in [1.807, 2.05) is 19.1 Å². The fraction of sp³-hybridized carbons (Fsp3) is 0.125. The molecular formula is C16H12ClNO2. The van der Waals surface area contributed by atoms with Crippen LogP contribution in [0.25, 0.3) is 0 Å². The van der Waals surface area contributed by atoms with Crippen molar-refractivity contribution in [1.29, 1.82) is 0 Å². The molecule has 0 spiro atoms. The Hall–Kier alpha value is -2.13. The zero-order chi connectivity index (χ0) is 14.3. The first-order chi connectivity index (χ1) is 9.53. The van der Waals surface area contributed by atoms with Gasteiger partial charge in [0.15, 0.2) is 5.78 Å². The summed E-state index contributed by atoms with van der Waals surface area (Å²) in [5, 5.41) is 2.71. The first-order valence-corrected chi connectivity index (χ1v) is 6.62. The molecule has 100 valence electrons. The number of benzene rings is 2. The lowest BCUT2D eigenvalue weighted by atomic mass is 9.85. The van der Waals surface area contributed by atoms with Crippen LogP contribution in [-0.4, -0.2) is 11.7 Å². The number of anilines is 1. The third-order valence-corrected chi connectivity index (χ3v) is 4.03. The molecule has 3 rings (SSSR count). The minimum Gasteiger partial charge on any atom is -0.323 e. The van der Waals surface area contributed by atoms with Crippen molar-refractivity contribution in [2.75, 3.05) is 5.32 Å². The topological polar surface area (TPSA) is 46.2 Å². The van der Waals surface area contributed by atoms with E-state index in [9.17, 15) is 9.59 Å². The highest BCUT2D eigenvalue weighted by Crippen LogP contribution is 2.40. The van der Waals surface area contributed by atoms with E-state index < -0.39 is 10.8 Å². The Morgan fingerprint density at radius 3 is 2.45 bits per heavy atom. The van der Waals surface area contributed by atoms with Crippen molar-refractivity contribution in [3.05, 3.63) is 65.2 Å². The van der Waals surface area contributed by atoms with Gasteiger partial charge in [0.05, 0.1) is 5.69 Å². The van der Waals surface area contributed by atoms with Gasteiger partial charge in [0.2, 0.25) is 4.87 Å². The van der Waals surface area contributed by atoms with Gasteiger partial charge in [-0.2, -0.15) is 0 Å². The number of hydrogen-bond acceptors (Lipinski definition) is 2. The van der Waals surface area contributed by atoms with Crippen LogP contribution in [-0.2, 0) is 9.67 Å². The zero-order valence-electron chi connectivity index (χ0n) is 10.8. The maximum absolute atomic E-state index is 12.7. The SMILES string of the molecule is Cc1ccc2c(c1)C(=O)C(Cl)(c1ccccc1)C(=O)N2. The third kappa shape index (κ3) is 1.74. The summed E-state index contributed by atoms with van der Waals surface area (Å²) in [6.45, 7) is 1.89. The molecule has 1 unspecified atom stereocenters. The summed E-state index contributed by atoms with van der Waals surface area (Å²) in [4.78, 5) is 23.3. The summed E-state index contributed by atoms with van der Waals surface area (Å²) in [5.41, 5.74) is 2.39. The lowest BCUT2D eigenvalue weighted by molar-refractivity contribution is -0.117. The predicted molar refractivity (Wildman–Crippen MR) is 78.1 cm³/mol. The molecular weight excluding hydrogens is 274 g/mol. The summed E-state index contributed by atoms with van der Waals surface area (Å²) < 4.78 is 0. The van der Waals surface area contributed by atoms with Crippen molar-refractivity contribution < 1.29 is 9.59 Å². The molecule has 1 aliphatic heterocycles. The number of ketones is 1. The second kappa shape index (κ2) is 4.46. The molecule has 0 bridgehead atoms. The zero-order valence-corrected chi connectivity index (χ0v) is 11.6. The average molecular weight is 286 g/mol. The number of carbonyl (C=O) groups is 2. The highest BCUT2D eigenvalue weighted by Gasteiger charge is 2.49. The average Bonchev–Trinajstić information content (AvgIpc) is 2.47. The van der Waals surface area contributed by atoms with Gasteiger partial charge in [0.25, 0.3) is 5.91 Å². The number of alkyl halides is 1. The van der Waals surface area contributed by atoms with E-state index in [2.05, 4.69) is 5.32 Å². The molecule has 0 saturated carbocycles. The van der Waals surface area contributed by atoms with Crippen LogP contribution in [0.5, 0.6) is 0 Å². The molecule has 3 nitrogen and oxygen atoms in total. The number of hydrogen-bond donors (Lipinski definition) is 1. The molecule has 1 atom stereocenters. The molecule has 1 heterocycles. The molecule has 1 aliphatic rings. The molecule has 1 amide bonds. The molecule has 4 heteroatoms. The number of halogens is 1. The lowest BCUT2D eigenvalue weighted by Crippen LogP contribution is -2.46. The maximum atomic E-state index is 12.7. The second-order valence-electron chi connectivity index (χ2n) is 4.86. The Morgan fingerprint density at radius 2 is 1.75 bits per heavy atom. The second-order valence-corrected chi connectivity index (χ2v) is 5.42. The first kappa shape index (κ1) is 12.9. The van der Waals surface area contributed by atoms with E-state index in [0.717, 1.165) is 5.56 Å². The number of fused-ring (bicyclic) bond motifs is 1. The van der Waals surface area contributed by atoms with Crippen LogP contribution >= 0.6 is 11.6 Å². The van der Waals surface area contributed by atoms with Crippen molar-refractivity contribution in [3.63, 3.8) is 0 Å². The van der Waals surface area contributed by atoms with Gasteiger partial charge >= 0.3 is 0 Å². The first-order valence-electron chi connectivity index (χ1n) is 6.25. The molecule has 20 heavy (non-hydrogen) atoms. The summed E-state index contributed by atoms with van der Waals surface area (Å²) in [6, 6.07) is 14.0. The molecule has 2 aromatic carbocycles. The summed E-state index contributed by atoms with van der Waals surface area (Å²) >= 11 is 6.42. The summed E-state index contributed by atoms with van der Waals surface area (Å²) in [7, 11) is 0. The third-order valence-electron chi connectivity index (χ3n) is 3.47. The van der Waals surface area contributed by atoms with E-state index in [-0.39, 0.29) is 5.78 Å². The molecule has 0 aromatic heterocycles. The smallest absolute Gasteiger partial charge is 0.258 e. The Morgan fingerprint density at radius 1 is 1.05 bits per heavy atom. The van der Waals surface area contributed by atoms with Crippen LogP contribution in [0, 0.1) is 6.92 Å². The van der Waals surface area contributed by atoms with E-state index >= 15 is 0 Å². The highest BCUT2D eigenvalue weighted by molar-refractivity contribution is 6.51. The monoisotopic (exact) mass is 285 g/mol. The molecule has 1 N–H and O–H groups in total. The number of Topliss-reactive ketones (excluding diaryl/α,β-unsaturated/α-hetero) is 1. The van der Waals surface area contributed by atoms with Crippen LogP contribution in [0.1, 0.15) is 21.5 Å². The van der Waals surface area contributed by atoms with Crippen LogP contribution in [0.3, 0.4) is 0 Å². The molecule has 2 aromatic rings. The normalized spacial score (nSPS) is 21.3. The van der Waals surface area contributed by atoms with E-state index in [1.54, 1.807) is 36.4 Å². The Balaban J connectivity index is 2.20. The number of nitrogens with one attached hydrogen (secondary N) is 1. The Kier molecular flexibility index (Phi) is 2.87. The number of amides is 1. The Bertz CT molecular complexity index is 712. The van der Waals surface area contributed by atoms with E-state index in [1.165, 1.54) is 0 Å². The molecule has 0 saturated heterocycles. The van der Waals surface area contributed by atoms with Crippen molar-refractivity contribution in [1.82, 2.24) is 0 Å². The molecule has 0 radical (unpaired) electrons. The van der Waals surface area contributed by atoms with Crippen LogP contribution < -0.4 is 5.32 Å². The summed E-state index contributed by atoms with van der Waals surface area (Å²) in [5.74, 6) is -0.889. The van der Waals surface area contributed by atoms with Crippen LogP contribution in [0.15, 0.2) is 48.5 Å². The van der Waals surface area contributed by atoms with Crippen molar-refractivity contribution in [3.8, 4) is 0 Å². The van der Waals surface area contributed by atoms with Crippen LogP contribution in [0.2, 0.25) is 0 Å². The molecule has 0 aliphatic carbocycles. The summed E-state index contributed by atoms with van der Waals surface area (Å²) in [6.07, 6.45) is 0. The largest absolute Gasteiger partial charge is 0.323 e. The fourth-order valence-electron chi connectivity index (χ4n) is 2.38. The minimum atomic E-state index is -1.69. The van der Waals surface area contributed by atoms with Crippen molar-refractivity contribution in [2.45, 2.75) is 11.8 Å². The van der Waals surface area contributed by atoms with Crippen molar-refractivity contribution >= 4 is 29.0 Å². The van der Waals surface area contributed by atoms with Gasteiger partial charge in [-0.15, -0.1) is 0 Å². The van der Waals surface area contributed by atoms with Crippen molar-refractivity contribution in [2.24, 2.45) is 0 Å². The Labute approximate surface area is 121 Å². The maximum Gasteiger partial charge on any atom is 0.258 e. The van der Waals surface area contributed by atoms with E-state index in [4.69, 9.17) is 11.6 Å². The molecule has 0 fully saturated rings. The van der Waals surface area contributed by atoms with Gasteiger partial charge in [-0.1, -0.05) is 53.6 Å². The minimum absolute atomic E-state index is 0.382. The van der Waals surface area contributed by atoms with Gasteiger partial charge < -0.3 is 5.32 Å². The fourth-order valence-corrected chi connectivity index (χ4v) is 2.66. The predicted octanol–water partition coefficient (Wildman–Crippen LogP) is 3.26. The highest BCUT2D eigenvalue weighted by atomic mass is 35.5.